The first-order chi connectivity index (χ1) is 8.49. The van der Waals surface area contributed by atoms with E-state index in [0.717, 1.165) is 25.7 Å². The average Bonchev–Trinajstić information content (AvgIpc) is 2.32. The minimum atomic E-state index is -0.475. The van der Waals surface area contributed by atoms with Crippen LogP contribution in [0.2, 0.25) is 0 Å². The van der Waals surface area contributed by atoms with E-state index in [1.165, 1.54) is 14.0 Å². The predicted molar refractivity (Wildman–Crippen MR) is 72.6 cm³/mol. The smallest absolute Gasteiger partial charge is 0.854 e. The maximum atomic E-state index is 10.2. The molecule has 0 aromatic heterocycles. The van der Waals surface area contributed by atoms with E-state index in [0.29, 0.717) is 0 Å². The van der Waals surface area contributed by atoms with Gasteiger partial charge in [-0.3, -0.25) is 9.59 Å². The molecule has 0 fully saturated rings. The van der Waals surface area contributed by atoms with Crippen molar-refractivity contribution in [3.8, 4) is 0 Å². The number of unbranched alkanes of at least 4 members (excludes halogenated alkanes) is 2. The molecule has 0 atom stereocenters. The summed E-state index contributed by atoms with van der Waals surface area (Å²) in [5, 5.41) is 19.1. The van der Waals surface area contributed by atoms with E-state index in [9.17, 15) is 19.8 Å². The van der Waals surface area contributed by atoms with Crippen LogP contribution in [0.3, 0.4) is 0 Å². The standard InChI is InChI=1S/C5H8O3.2C4H9O.Al/c1-4(6)3-5(7)8-2;2*1-2-3-4-5;/h3H2,1-2H3;2*2-4H2,1H3;/q;2*-1;+2. The van der Waals surface area contributed by atoms with Crippen LogP contribution in [0.15, 0.2) is 0 Å². The van der Waals surface area contributed by atoms with E-state index >= 15 is 0 Å². The van der Waals surface area contributed by atoms with Crippen molar-refractivity contribution in [2.45, 2.75) is 52.9 Å². The van der Waals surface area contributed by atoms with E-state index in [-0.39, 0.29) is 42.8 Å². The second-order valence-corrected chi connectivity index (χ2v) is 3.57. The molecule has 0 bridgehead atoms. The number of hydrogen-bond donors (Lipinski definition) is 0. The van der Waals surface area contributed by atoms with Gasteiger partial charge in [-0.05, 0) is 6.92 Å². The first-order valence-electron chi connectivity index (χ1n) is 6.22. The third kappa shape index (κ3) is 46.5. The number of esters is 1. The van der Waals surface area contributed by atoms with E-state index in [2.05, 4.69) is 4.74 Å². The molecule has 0 rings (SSSR count). The van der Waals surface area contributed by atoms with Crippen molar-refractivity contribution in [2.75, 3.05) is 20.3 Å². The summed E-state index contributed by atoms with van der Waals surface area (Å²) in [5.74, 6) is -0.644. The Hall–Kier alpha value is -0.408. The van der Waals surface area contributed by atoms with Gasteiger partial charge in [-0.2, -0.15) is 0 Å². The van der Waals surface area contributed by atoms with Crippen molar-refractivity contribution in [3.63, 3.8) is 0 Å². The summed E-state index contributed by atoms with van der Waals surface area (Å²) >= 11 is 0. The zero-order valence-electron chi connectivity index (χ0n) is 12.6. The molecule has 0 heterocycles. The Morgan fingerprint density at radius 2 is 1.37 bits per heavy atom. The molecule has 0 amide bonds. The molecule has 19 heavy (non-hydrogen) atoms. The maximum Gasteiger partial charge on any atom is 2.00 e. The fourth-order valence-electron chi connectivity index (χ4n) is 0.564. The molecule has 111 valence electrons. The monoisotopic (exact) mass is 289 g/mol. The van der Waals surface area contributed by atoms with Crippen LogP contribution in [0.4, 0.5) is 0 Å². The largest absolute Gasteiger partial charge is 2.00 e. The summed E-state index contributed by atoms with van der Waals surface area (Å²) in [5.41, 5.74) is 0. The van der Waals surface area contributed by atoms with Gasteiger partial charge >= 0.3 is 23.3 Å². The fourth-order valence-corrected chi connectivity index (χ4v) is 0.564. The van der Waals surface area contributed by atoms with Crippen LogP contribution in [0.25, 0.3) is 0 Å². The zero-order valence-corrected chi connectivity index (χ0v) is 13.7. The Morgan fingerprint density at radius 1 is 1.00 bits per heavy atom. The molecule has 0 spiro atoms. The molecule has 0 unspecified atom stereocenters. The molecule has 0 aliphatic rings. The SMILES string of the molecule is CCCC[O-].CCCC[O-].COC(=O)CC(C)=O.[Al+2]. The van der Waals surface area contributed by atoms with E-state index < -0.39 is 5.97 Å². The van der Waals surface area contributed by atoms with Crippen LogP contribution in [0, 0.1) is 0 Å². The molecule has 0 saturated heterocycles. The van der Waals surface area contributed by atoms with Gasteiger partial charge in [0.05, 0.1) is 7.11 Å². The molecule has 1 radical (unpaired) electrons. The Morgan fingerprint density at radius 3 is 1.42 bits per heavy atom. The maximum absolute atomic E-state index is 10.2. The normalized spacial score (nSPS) is 7.89. The summed E-state index contributed by atoms with van der Waals surface area (Å²) in [6, 6.07) is 0. The minimum Gasteiger partial charge on any atom is -0.854 e. The molecule has 0 aromatic rings. The number of rotatable bonds is 6. The number of ketones is 1. The zero-order chi connectivity index (χ0) is 14.8. The first-order valence-corrected chi connectivity index (χ1v) is 6.22. The molecule has 6 heteroatoms. The fraction of sp³-hybridized carbons (Fsp3) is 0.846. The molecule has 0 N–H and O–H groups in total. The second kappa shape index (κ2) is 26.2. The minimum absolute atomic E-state index is 0. The molecule has 0 saturated carbocycles. The second-order valence-electron chi connectivity index (χ2n) is 3.57. The molecule has 0 aromatic carbocycles. The number of carbonyl (C=O) groups is 2. The summed E-state index contributed by atoms with van der Waals surface area (Å²) < 4.78 is 4.20. The van der Waals surface area contributed by atoms with Gasteiger partial charge in [0.25, 0.3) is 0 Å². The summed E-state index contributed by atoms with van der Waals surface area (Å²) in [6.07, 6.45) is 3.61. The van der Waals surface area contributed by atoms with Crippen molar-refractivity contribution in [1.82, 2.24) is 0 Å². The van der Waals surface area contributed by atoms with E-state index in [4.69, 9.17) is 0 Å². The van der Waals surface area contributed by atoms with Crippen molar-refractivity contribution < 1.29 is 24.5 Å². The van der Waals surface area contributed by atoms with E-state index in [1.807, 2.05) is 13.8 Å². The summed E-state index contributed by atoms with van der Waals surface area (Å²) in [7, 11) is 1.26. The number of ether oxygens (including phenoxy) is 1. The predicted octanol–water partition coefficient (Wildman–Crippen LogP) is 0.0513. The van der Waals surface area contributed by atoms with Crippen molar-refractivity contribution >= 4 is 29.1 Å². The summed E-state index contributed by atoms with van der Waals surface area (Å²) in [6.45, 7) is 5.56. The number of Topliss-reactive ketones (excluding diaryl/α,β-unsaturated/α-hetero) is 1. The molecular formula is C13H26AlO5. The van der Waals surface area contributed by atoms with Crippen molar-refractivity contribution in [3.05, 3.63) is 0 Å². The first kappa shape index (κ1) is 27.0. The molecule has 0 aliphatic carbocycles. The van der Waals surface area contributed by atoms with Gasteiger partial charge in [-0.1, -0.05) is 39.5 Å². The summed E-state index contributed by atoms with van der Waals surface area (Å²) in [4.78, 5) is 20.3. The van der Waals surface area contributed by atoms with Crippen LogP contribution in [-0.2, 0) is 14.3 Å². The van der Waals surface area contributed by atoms with Gasteiger partial charge in [0.15, 0.2) is 0 Å². The van der Waals surface area contributed by atoms with Gasteiger partial charge in [-0.25, -0.2) is 0 Å². The van der Waals surface area contributed by atoms with Gasteiger partial charge < -0.3 is 14.9 Å². The van der Waals surface area contributed by atoms with Gasteiger partial charge in [0, 0.05) is 0 Å². The van der Waals surface area contributed by atoms with Gasteiger partial charge in [-0.15, -0.1) is 13.2 Å². The third-order valence-corrected chi connectivity index (χ3v) is 1.62. The quantitative estimate of drug-likeness (QED) is 0.391. The van der Waals surface area contributed by atoms with Gasteiger partial charge in [0.2, 0.25) is 0 Å². The Kier molecular flexibility index (Phi) is 37.3. The average molecular weight is 289 g/mol. The van der Waals surface area contributed by atoms with Crippen LogP contribution in [0.1, 0.15) is 52.9 Å². The third-order valence-electron chi connectivity index (χ3n) is 1.62. The number of carbonyl (C=O) groups excluding carboxylic acids is 2. The molecular weight excluding hydrogens is 263 g/mol. The van der Waals surface area contributed by atoms with Crippen molar-refractivity contribution in [2.24, 2.45) is 0 Å². The van der Waals surface area contributed by atoms with Crippen molar-refractivity contribution in [1.29, 1.82) is 0 Å². The Balaban J connectivity index is -0.0000000906. The topological polar surface area (TPSA) is 89.5 Å². The van der Waals surface area contributed by atoms with Crippen LogP contribution >= 0.6 is 0 Å². The number of methoxy groups -OCH3 is 1. The molecule has 0 aliphatic heterocycles. The van der Waals surface area contributed by atoms with E-state index in [1.54, 1.807) is 0 Å². The number of hydrogen-bond acceptors (Lipinski definition) is 5. The molecule has 5 nitrogen and oxygen atoms in total. The van der Waals surface area contributed by atoms with Gasteiger partial charge in [0.1, 0.15) is 12.2 Å². The van der Waals surface area contributed by atoms with Crippen LogP contribution in [0.5, 0.6) is 0 Å². The van der Waals surface area contributed by atoms with Crippen LogP contribution < -0.4 is 10.2 Å². The Labute approximate surface area is 127 Å². The van der Waals surface area contributed by atoms with Crippen LogP contribution in [-0.4, -0.2) is 49.4 Å². The Bertz CT molecular complexity index is 176.